The largest absolute Gasteiger partial charge is 0.203 e. The molecule has 0 unspecified atom stereocenters. The zero-order chi connectivity index (χ0) is 19.2. The number of halogens is 2. The van der Waals surface area contributed by atoms with E-state index in [-0.39, 0.29) is 5.56 Å². The van der Waals surface area contributed by atoms with Gasteiger partial charge >= 0.3 is 0 Å². The molecular weight excluding hydrogens is 338 g/mol. The Kier molecular flexibility index (Phi) is 7.33. The second-order valence-corrected chi connectivity index (χ2v) is 8.86. The summed E-state index contributed by atoms with van der Waals surface area (Å²) < 4.78 is 27.6. The molecule has 0 N–H and O–H groups in total. The molecule has 0 aromatic heterocycles. The number of benzene rings is 1. The molecule has 2 saturated carbocycles. The van der Waals surface area contributed by atoms with E-state index in [9.17, 15) is 8.78 Å². The summed E-state index contributed by atoms with van der Waals surface area (Å²) in [6, 6.07) is 3.21. The van der Waals surface area contributed by atoms with Crippen molar-refractivity contribution >= 4 is 0 Å². The van der Waals surface area contributed by atoms with Gasteiger partial charge in [0.15, 0.2) is 11.6 Å². The number of unbranched alkanes of at least 4 members (excludes halogenated alkanes) is 1. The van der Waals surface area contributed by atoms with Crippen molar-refractivity contribution in [2.24, 2.45) is 23.7 Å². The molecule has 0 spiro atoms. The molecular formula is C25H34F2. The number of aryl methyl sites for hydroxylation is 1. The van der Waals surface area contributed by atoms with Crippen molar-refractivity contribution in [3.63, 3.8) is 0 Å². The topological polar surface area (TPSA) is 0 Å². The standard InChI is InChI=1S/C25H34F2/c1-3-4-5-19-7-13-21(14-8-19)22-15-9-20(10-16-22)11-17-23-12-6-18(2)24(26)25(23)27/h6,12,19-22H,3-5,7-10,13-16H2,1-2H3/t19-,20-,21-,22-. The Morgan fingerprint density at radius 1 is 0.889 bits per heavy atom. The first-order valence-corrected chi connectivity index (χ1v) is 11.0. The van der Waals surface area contributed by atoms with Crippen molar-refractivity contribution in [2.75, 3.05) is 0 Å². The summed E-state index contributed by atoms with van der Waals surface area (Å²) in [5.41, 5.74) is 0.536. The van der Waals surface area contributed by atoms with E-state index in [2.05, 4.69) is 18.8 Å². The molecule has 1 aromatic carbocycles. The molecule has 3 rings (SSSR count). The fraction of sp³-hybridized carbons (Fsp3) is 0.680. The molecule has 1 aromatic rings. The average Bonchev–Trinajstić information content (AvgIpc) is 2.71. The Balaban J connectivity index is 1.47. The van der Waals surface area contributed by atoms with Crippen LogP contribution < -0.4 is 0 Å². The smallest absolute Gasteiger partial charge is 0.174 e. The second kappa shape index (κ2) is 9.72. The van der Waals surface area contributed by atoms with Crippen LogP contribution in [-0.2, 0) is 0 Å². The van der Waals surface area contributed by atoms with Crippen LogP contribution in [0, 0.1) is 54.1 Å². The molecule has 0 nitrogen and oxygen atoms in total. The van der Waals surface area contributed by atoms with Crippen LogP contribution in [0.1, 0.15) is 88.7 Å². The maximum absolute atomic E-state index is 14.0. The highest BCUT2D eigenvalue weighted by Gasteiger charge is 2.30. The molecule has 2 fully saturated rings. The van der Waals surface area contributed by atoms with Crippen molar-refractivity contribution < 1.29 is 8.78 Å². The highest BCUT2D eigenvalue weighted by molar-refractivity contribution is 5.38. The molecule has 148 valence electrons. The van der Waals surface area contributed by atoms with E-state index in [1.807, 2.05) is 0 Å². The summed E-state index contributed by atoms with van der Waals surface area (Å²) >= 11 is 0. The first-order valence-electron chi connectivity index (χ1n) is 11.0. The van der Waals surface area contributed by atoms with E-state index in [1.165, 1.54) is 57.8 Å². The van der Waals surface area contributed by atoms with Crippen LogP contribution in [0.2, 0.25) is 0 Å². The van der Waals surface area contributed by atoms with Gasteiger partial charge in [0.1, 0.15) is 0 Å². The highest BCUT2D eigenvalue weighted by atomic mass is 19.2. The zero-order valence-electron chi connectivity index (χ0n) is 17.0. The van der Waals surface area contributed by atoms with Crippen LogP contribution in [0.25, 0.3) is 0 Å². The predicted molar refractivity (Wildman–Crippen MR) is 108 cm³/mol. The number of hydrogen-bond donors (Lipinski definition) is 0. The molecule has 0 atom stereocenters. The SMILES string of the molecule is CCCC[C@H]1CC[C@H]([C@H]2CC[C@H](C#Cc3ccc(C)c(F)c3F)CC2)CC1. The van der Waals surface area contributed by atoms with Crippen molar-refractivity contribution in [1.82, 2.24) is 0 Å². The van der Waals surface area contributed by atoms with E-state index in [0.29, 0.717) is 11.5 Å². The Hall–Kier alpha value is -1.36. The molecule has 0 heterocycles. The van der Waals surface area contributed by atoms with E-state index < -0.39 is 11.6 Å². The van der Waals surface area contributed by atoms with Crippen LogP contribution in [0.3, 0.4) is 0 Å². The number of rotatable bonds is 4. The number of hydrogen-bond acceptors (Lipinski definition) is 0. The predicted octanol–water partition coefficient (Wildman–Crippen LogP) is 7.43. The molecule has 27 heavy (non-hydrogen) atoms. The molecule has 0 aliphatic heterocycles. The molecule has 2 heteroatoms. The summed E-state index contributed by atoms with van der Waals surface area (Å²) in [6.45, 7) is 3.87. The summed E-state index contributed by atoms with van der Waals surface area (Å²) in [5.74, 6) is 7.67. The van der Waals surface area contributed by atoms with Gasteiger partial charge in [-0.1, -0.05) is 56.9 Å². The van der Waals surface area contributed by atoms with E-state index >= 15 is 0 Å². The van der Waals surface area contributed by atoms with Gasteiger partial charge in [-0.2, -0.15) is 0 Å². The van der Waals surface area contributed by atoms with Gasteiger partial charge in [-0.15, -0.1) is 0 Å². The summed E-state index contributed by atoms with van der Waals surface area (Å²) in [7, 11) is 0. The van der Waals surface area contributed by atoms with Gasteiger partial charge in [-0.05, 0) is 74.8 Å². The minimum atomic E-state index is -0.795. The normalized spacial score (nSPS) is 28.4. The fourth-order valence-electron chi connectivity index (χ4n) is 5.10. The van der Waals surface area contributed by atoms with Gasteiger partial charge in [0, 0.05) is 5.92 Å². The fourth-order valence-corrected chi connectivity index (χ4v) is 5.10. The van der Waals surface area contributed by atoms with Crippen molar-refractivity contribution in [2.45, 2.75) is 84.5 Å². The van der Waals surface area contributed by atoms with Crippen LogP contribution in [-0.4, -0.2) is 0 Å². The minimum Gasteiger partial charge on any atom is -0.203 e. The van der Waals surface area contributed by atoms with Gasteiger partial charge < -0.3 is 0 Å². The summed E-state index contributed by atoms with van der Waals surface area (Å²) in [4.78, 5) is 0. The molecule has 0 saturated heterocycles. The lowest BCUT2D eigenvalue weighted by atomic mass is 9.69. The lowest BCUT2D eigenvalue weighted by molar-refractivity contribution is 0.153. The van der Waals surface area contributed by atoms with Gasteiger partial charge in [0.25, 0.3) is 0 Å². The third kappa shape index (κ3) is 5.34. The van der Waals surface area contributed by atoms with Crippen LogP contribution in [0.4, 0.5) is 8.78 Å². The van der Waals surface area contributed by atoms with Crippen molar-refractivity contribution in [3.05, 3.63) is 34.9 Å². The monoisotopic (exact) mass is 372 g/mol. The van der Waals surface area contributed by atoms with Gasteiger partial charge in [0.05, 0.1) is 5.56 Å². The minimum absolute atomic E-state index is 0.200. The maximum Gasteiger partial charge on any atom is 0.174 e. The molecule has 0 amide bonds. The lowest BCUT2D eigenvalue weighted by Crippen LogP contribution is -2.25. The third-order valence-corrected chi connectivity index (χ3v) is 6.98. The van der Waals surface area contributed by atoms with Crippen molar-refractivity contribution in [3.8, 4) is 11.8 Å². The third-order valence-electron chi connectivity index (χ3n) is 6.98. The molecule has 2 aliphatic rings. The van der Waals surface area contributed by atoms with Crippen LogP contribution in [0.5, 0.6) is 0 Å². The maximum atomic E-state index is 14.0. The second-order valence-electron chi connectivity index (χ2n) is 8.86. The Labute approximate surface area is 164 Å². The Bertz CT molecular complexity index is 666. The van der Waals surface area contributed by atoms with E-state index in [1.54, 1.807) is 19.1 Å². The first kappa shape index (κ1) is 20.4. The van der Waals surface area contributed by atoms with Gasteiger partial charge in [0.2, 0.25) is 0 Å². The van der Waals surface area contributed by atoms with Crippen LogP contribution in [0.15, 0.2) is 12.1 Å². The molecule has 0 radical (unpaired) electrons. The molecule has 0 bridgehead atoms. The van der Waals surface area contributed by atoms with E-state index in [4.69, 9.17) is 0 Å². The quantitative estimate of drug-likeness (QED) is 0.482. The van der Waals surface area contributed by atoms with E-state index in [0.717, 1.165) is 30.6 Å². The summed E-state index contributed by atoms with van der Waals surface area (Å²) in [5, 5.41) is 0. The highest BCUT2D eigenvalue weighted by Crippen LogP contribution is 2.42. The van der Waals surface area contributed by atoms with Gasteiger partial charge in [-0.25, -0.2) is 8.78 Å². The average molecular weight is 373 g/mol. The summed E-state index contributed by atoms with van der Waals surface area (Å²) in [6.07, 6.45) is 14.6. The van der Waals surface area contributed by atoms with Gasteiger partial charge in [-0.3, -0.25) is 0 Å². The lowest BCUT2D eigenvalue weighted by Gasteiger charge is -2.37. The molecule has 2 aliphatic carbocycles. The zero-order valence-corrected chi connectivity index (χ0v) is 17.0. The Morgan fingerprint density at radius 3 is 2.15 bits per heavy atom. The van der Waals surface area contributed by atoms with Crippen molar-refractivity contribution in [1.29, 1.82) is 0 Å². The van der Waals surface area contributed by atoms with Crippen LogP contribution >= 0.6 is 0 Å². The Morgan fingerprint density at radius 2 is 1.52 bits per heavy atom. The first-order chi connectivity index (χ1) is 13.1.